The molecule has 3 nitrogen and oxygen atoms in total. The van der Waals surface area contributed by atoms with E-state index in [2.05, 4.69) is 4.98 Å². The monoisotopic (exact) mass is 266 g/mol. The van der Waals surface area contributed by atoms with Crippen LogP contribution in [-0.2, 0) is 7.05 Å². The summed E-state index contributed by atoms with van der Waals surface area (Å²) in [5.41, 5.74) is 0.778. The summed E-state index contributed by atoms with van der Waals surface area (Å²) in [4.78, 5) is 16.2. The lowest BCUT2D eigenvalue weighted by atomic mass is 10.2. The molecule has 100 valence electrons. The SMILES string of the molecule is CC.CC.CSc1nc2ccccc2c(=O)n1C. The summed E-state index contributed by atoms with van der Waals surface area (Å²) >= 11 is 1.48. The third-order valence-electron chi connectivity index (χ3n) is 2.12. The molecule has 1 heterocycles. The Morgan fingerprint density at radius 3 is 2.22 bits per heavy atom. The molecule has 0 spiro atoms. The van der Waals surface area contributed by atoms with Gasteiger partial charge in [0.05, 0.1) is 10.9 Å². The molecule has 1 aromatic heterocycles. The van der Waals surface area contributed by atoms with Crippen molar-refractivity contribution in [2.24, 2.45) is 7.05 Å². The van der Waals surface area contributed by atoms with Crippen molar-refractivity contribution in [2.45, 2.75) is 32.9 Å². The smallest absolute Gasteiger partial charge is 0.261 e. The highest BCUT2D eigenvalue weighted by molar-refractivity contribution is 7.98. The Morgan fingerprint density at radius 2 is 1.67 bits per heavy atom. The molecule has 18 heavy (non-hydrogen) atoms. The number of thioether (sulfide) groups is 1. The maximum atomic E-state index is 11.8. The summed E-state index contributed by atoms with van der Waals surface area (Å²) in [5, 5.41) is 1.42. The molecule has 0 fully saturated rings. The second-order valence-corrected chi connectivity index (χ2v) is 3.75. The summed E-state index contributed by atoms with van der Waals surface area (Å²) < 4.78 is 1.58. The van der Waals surface area contributed by atoms with Crippen LogP contribution in [0.1, 0.15) is 27.7 Å². The van der Waals surface area contributed by atoms with E-state index in [-0.39, 0.29) is 5.56 Å². The first-order valence-electron chi connectivity index (χ1n) is 6.24. The van der Waals surface area contributed by atoms with Crippen LogP contribution >= 0.6 is 11.8 Å². The van der Waals surface area contributed by atoms with E-state index in [1.807, 2.05) is 52.1 Å². The summed E-state index contributed by atoms with van der Waals surface area (Å²) in [7, 11) is 1.74. The van der Waals surface area contributed by atoms with Gasteiger partial charge in [0.1, 0.15) is 0 Å². The largest absolute Gasteiger partial charge is 0.290 e. The maximum Gasteiger partial charge on any atom is 0.261 e. The highest BCUT2D eigenvalue weighted by atomic mass is 32.2. The van der Waals surface area contributed by atoms with Crippen LogP contribution in [0.25, 0.3) is 10.9 Å². The van der Waals surface area contributed by atoms with E-state index in [0.717, 1.165) is 10.7 Å². The van der Waals surface area contributed by atoms with Crippen LogP contribution in [0.5, 0.6) is 0 Å². The van der Waals surface area contributed by atoms with Crippen LogP contribution in [0.3, 0.4) is 0 Å². The van der Waals surface area contributed by atoms with E-state index >= 15 is 0 Å². The molecular formula is C14H22N2OS. The lowest BCUT2D eigenvalue weighted by Gasteiger charge is -2.05. The summed E-state index contributed by atoms with van der Waals surface area (Å²) in [6, 6.07) is 7.40. The van der Waals surface area contributed by atoms with Crippen LogP contribution in [0.2, 0.25) is 0 Å². The molecule has 1 aromatic carbocycles. The summed E-state index contributed by atoms with van der Waals surface area (Å²) in [5.74, 6) is 0. The van der Waals surface area contributed by atoms with Crippen molar-refractivity contribution in [3.05, 3.63) is 34.6 Å². The van der Waals surface area contributed by atoms with Gasteiger partial charge in [-0.15, -0.1) is 0 Å². The topological polar surface area (TPSA) is 34.9 Å². The average molecular weight is 266 g/mol. The summed E-state index contributed by atoms with van der Waals surface area (Å²) in [6.45, 7) is 8.00. The highest BCUT2D eigenvalue weighted by Gasteiger charge is 2.05. The van der Waals surface area contributed by atoms with E-state index in [1.165, 1.54) is 11.8 Å². The molecule has 2 rings (SSSR count). The molecular weight excluding hydrogens is 244 g/mol. The number of rotatable bonds is 1. The molecule has 0 atom stereocenters. The maximum absolute atomic E-state index is 11.8. The van der Waals surface area contributed by atoms with Crippen molar-refractivity contribution in [1.82, 2.24) is 9.55 Å². The minimum Gasteiger partial charge on any atom is -0.290 e. The Hall–Kier alpha value is -1.29. The number of hydrogen-bond donors (Lipinski definition) is 0. The minimum absolute atomic E-state index is 0.0138. The third kappa shape index (κ3) is 3.60. The van der Waals surface area contributed by atoms with Crippen molar-refractivity contribution >= 4 is 22.7 Å². The van der Waals surface area contributed by atoms with Gasteiger partial charge in [-0.1, -0.05) is 51.6 Å². The Labute approximate surface area is 113 Å². The second kappa shape index (κ2) is 8.75. The fraction of sp³-hybridized carbons (Fsp3) is 0.429. The van der Waals surface area contributed by atoms with Crippen molar-refractivity contribution < 1.29 is 0 Å². The standard InChI is InChI=1S/C10H10N2OS.2C2H6/c1-12-9(13)7-5-3-4-6-8(7)11-10(12)14-2;2*1-2/h3-6H,1-2H3;2*1-2H3. The average Bonchev–Trinajstić information content (AvgIpc) is 2.47. The predicted octanol–water partition coefficient (Wildman–Crippen LogP) is 3.71. The van der Waals surface area contributed by atoms with Gasteiger partial charge in [-0.05, 0) is 18.4 Å². The van der Waals surface area contributed by atoms with Crippen molar-refractivity contribution in [3.8, 4) is 0 Å². The van der Waals surface area contributed by atoms with Gasteiger partial charge in [0.25, 0.3) is 5.56 Å². The Balaban J connectivity index is 0.000000659. The second-order valence-electron chi connectivity index (χ2n) is 2.98. The number of aromatic nitrogens is 2. The number of para-hydroxylation sites is 1. The third-order valence-corrected chi connectivity index (χ3v) is 2.85. The molecule has 4 heteroatoms. The van der Waals surface area contributed by atoms with Gasteiger partial charge < -0.3 is 0 Å². The molecule has 0 aliphatic rings. The zero-order chi connectivity index (χ0) is 14.1. The van der Waals surface area contributed by atoms with Crippen LogP contribution in [0, 0.1) is 0 Å². The number of hydrogen-bond acceptors (Lipinski definition) is 3. The first-order valence-corrected chi connectivity index (χ1v) is 7.46. The normalized spacial score (nSPS) is 9.00. The molecule has 0 bridgehead atoms. The van der Waals surface area contributed by atoms with Crippen LogP contribution in [-0.4, -0.2) is 15.8 Å². The summed E-state index contributed by atoms with van der Waals surface area (Å²) in [6.07, 6.45) is 1.91. The molecule has 0 aliphatic carbocycles. The zero-order valence-corrected chi connectivity index (χ0v) is 12.8. The van der Waals surface area contributed by atoms with Gasteiger partial charge in [0, 0.05) is 7.05 Å². The lowest BCUT2D eigenvalue weighted by Crippen LogP contribution is -2.19. The number of nitrogens with zero attached hydrogens (tertiary/aromatic N) is 2. The van der Waals surface area contributed by atoms with Gasteiger partial charge in [0.15, 0.2) is 5.16 Å². The van der Waals surface area contributed by atoms with Crippen LogP contribution in [0.4, 0.5) is 0 Å². The van der Waals surface area contributed by atoms with Crippen LogP contribution < -0.4 is 5.56 Å². The quantitative estimate of drug-likeness (QED) is 0.583. The molecule has 0 N–H and O–H groups in total. The van der Waals surface area contributed by atoms with Gasteiger partial charge in [0.2, 0.25) is 0 Å². The fourth-order valence-electron chi connectivity index (χ4n) is 1.38. The molecule has 0 unspecified atom stereocenters. The minimum atomic E-state index is 0.0138. The fourth-order valence-corrected chi connectivity index (χ4v) is 1.93. The number of benzene rings is 1. The molecule has 0 saturated heterocycles. The predicted molar refractivity (Wildman–Crippen MR) is 81.5 cm³/mol. The molecule has 0 amide bonds. The van der Waals surface area contributed by atoms with Crippen molar-refractivity contribution in [2.75, 3.05) is 6.26 Å². The van der Waals surface area contributed by atoms with Crippen molar-refractivity contribution in [1.29, 1.82) is 0 Å². The van der Waals surface area contributed by atoms with Gasteiger partial charge >= 0.3 is 0 Å². The van der Waals surface area contributed by atoms with Gasteiger partial charge in [-0.3, -0.25) is 9.36 Å². The van der Waals surface area contributed by atoms with Crippen molar-refractivity contribution in [3.63, 3.8) is 0 Å². The van der Waals surface area contributed by atoms with E-state index in [0.29, 0.717) is 5.39 Å². The Bertz CT molecular complexity index is 535. The van der Waals surface area contributed by atoms with E-state index in [9.17, 15) is 4.79 Å². The van der Waals surface area contributed by atoms with E-state index in [4.69, 9.17) is 0 Å². The van der Waals surface area contributed by atoms with Gasteiger partial charge in [-0.2, -0.15) is 0 Å². The Kier molecular flexibility index (Phi) is 8.12. The lowest BCUT2D eigenvalue weighted by molar-refractivity contribution is 0.727. The molecule has 0 aliphatic heterocycles. The first kappa shape index (κ1) is 16.7. The number of fused-ring (bicyclic) bond motifs is 1. The molecule has 2 aromatic rings. The molecule has 0 radical (unpaired) electrons. The van der Waals surface area contributed by atoms with E-state index in [1.54, 1.807) is 17.7 Å². The first-order chi connectivity index (χ1) is 8.74. The van der Waals surface area contributed by atoms with E-state index < -0.39 is 0 Å². The Morgan fingerprint density at radius 1 is 1.11 bits per heavy atom. The van der Waals surface area contributed by atoms with Gasteiger partial charge in [-0.25, -0.2) is 4.98 Å². The van der Waals surface area contributed by atoms with Crippen LogP contribution in [0.15, 0.2) is 34.2 Å². The molecule has 0 saturated carbocycles. The highest BCUT2D eigenvalue weighted by Crippen LogP contribution is 2.13. The zero-order valence-electron chi connectivity index (χ0n) is 12.0.